The first-order chi connectivity index (χ1) is 12.9. The second-order valence-corrected chi connectivity index (χ2v) is 7.47. The molecule has 5 nitrogen and oxygen atoms in total. The minimum Gasteiger partial charge on any atom is -0.489 e. The summed E-state index contributed by atoms with van der Waals surface area (Å²) in [6.45, 7) is 6.61. The monoisotopic (exact) mass is 364 g/mol. The smallest absolute Gasteiger partial charge is 0.231 e. The van der Waals surface area contributed by atoms with E-state index in [9.17, 15) is 4.79 Å². The van der Waals surface area contributed by atoms with Crippen molar-refractivity contribution in [2.75, 3.05) is 5.32 Å². The van der Waals surface area contributed by atoms with Crippen LogP contribution in [-0.2, 0) is 23.2 Å². The Kier molecular flexibility index (Phi) is 5.60. The molecule has 0 unspecified atom stereocenters. The predicted octanol–water partition coefficient (Wildman–Crippen LogP) is 4.73. The number of aromatic nitrogens is 1. The summed E-state index contributed by atoms with van der Waals surface area (Å²) in [5, 5.41) is 6.75. The number of anilines is 1. The molecule has 0 saturated carbocycles. The molecule has 2 aromatic carbocycles. The van der Waals surface area contributed by atoms with Crippen LogP contribution in [0.25, 0.3) is 0 Å². The molecule has 0 bridgehead atoms. The van der Waals surface area contributed by atoms with Gasteiger partial charge in [-0.25, -0.2) is 0 Å². The molecule has 1 N–H and O–H groups in total. The van der Waals surface area contributed by atoms with Crippen LogP contribution in [0.2, 0.25) is 0 Å². The average molecular weight is 364 g/mol. The van der Waals surface area contributed by atoms with Gasteiger partial charge in [-0.05, 0) is 23.3 Å². The topological polar surface area (TPSA) is 64.4 Å². The first-order valence-electron chi connectivity index (χ1n) is 8.93. The molecule has 27 heavy (non-hydrogen) atoms. The highest BCUT2D eigenvalue weighted by molar-refractivity contribution is 5.91. The summed E-state index contributed by atoms with van der Waals surface area (Å²) in [5.41, 5.74) is 2.66. The van der Waals surface area contributed by atoms with E-state index in [-0.39, 0.29) is 17.7 Å². The molecule has 0 fully saturated rings. The highest BCUT2D eigenvalue weighted by Gasteiger charge is 2.19. The summed E-state index contributed by atoms with van der Waals surface area (Å²) in [6.07, 6.45) is 0.269. The van der Waals surface area contributed by atoms with Crippen molar-refractivity contribution in [2.45, 2.75) is 39.2 Å². The fourth-order valence-corrected chi connectivity index (χ4v) is 2.49. The Morgan fingerprint density at radius 2 is 1.70 bits per heavy atom. The van der Waals surface area contributed by atoms with Gasteiger partial charge in [0.05, 0.1) is 12.1 Å². The molecule has 3 rings (SSSR count). The molecule has 0 saturated heterocycles. The van der Waals surface area contributed by atoms with Gasteiger partial charge in [0, 0.05) is 11.5 Å². The standard InChI is InChI=1S/C22H24N2O3/c1-22(2,3)19-14-21(27-24-19)23-20(25)13-16-9-11-17(12-10-16)15-26-18-7-5-4-6-8-18/h4-12,14H,13,15H2,1-3H3,(H,23,25). The van der Waals surface area contributed by atoms with Crippen molar-refractivity contribution >= 4 is 11.8 Å². The van der Waals surface area contributed by atoms with Crippen LogP contribution in [0.3, 0.4) is 0 Å². The van der Waals surface area contributed by atoms with Gasteiger partial charge in [-0.1, -0.05) is 68.4 Å². The minimum absolute atomic E-state index is 0.121. The van der Waals surface area contributed by atoms with Crippen LogP contribution >= 0.6 is 0 Å². The summed E-state index contributed by atoms with van der Waals surface area (Å²) >= 11 is 0. The van der Waals surface area contributed by atoms with E-state index < -0.39 is 0 Å². The fourth-order valence-electron chi connectivity index (χ4n) is 2.49. The van der Waals surface area contributed by atoms with Crippen LogP contribution < -0.4 is 10.1 Å². The lowest BCUT2D eigenvalue weighted by molar-refractivity contribution is -0.115. The van der Waals surface area contributed by atoms with E-state index >= 15 is 0 Å². The number of ether oxygens (including phenoxy) is 1. The first-order valence-corrected chi connectivity index (χ1v) is 8.93. The summed E-state index contributed by atoms with van der Waals surface area (Å²) < 4.78 is 10.9. The van der Waals surface area contributed by atoms with Gasteiger partial charge in [0.2, 0.25) is 11.8 Å². The molecule has 3 aromatic rings. The quantitative estimate of drug-likeness (QED) is 0.687. The van der Waals surface area contributed by atoms with Gasteiger partial charge in [-0.3, -0.25) is 10.1 Å². The van der Waals surface area contributed by atoms with E-state index in [4.69, 9.17) is 9.26 Å². The molecule has 0 aliphatic rings. The largest absolute Gasteiger partial charge is 0.489 e. The maximum atomic E-state index is 12.2. The van der Waals surface area contributed by atoms with E-state index in [1.807, 2.05) is 75.4 Å². The number of carbonyl (C=O) groups excluding carboxylic acids is 1. The zero-order chi connectivity index (χ0) is 19.3. The van der Waals surface area contributed by atoms with E-state index in [1.54, 1.807) is 6.07 Å². The number of rotatable bonds is 6. The number of nitrogens with zero attached hydrogens (tertiary/aromatic N) is 1. The Morgan fingerprint density at radius 3 is 2.33 bits per heavy atom. The zero-order valence-corrected chi connectivity index (χ0v) is 15.9. The van der Waals surface area contributed by atoms with Crippen LogP contribution in [-0.4, -0.2) is 11.1 Å². The van der Waals surface area contributed by atoms with Gasteiger partial charge in [0.25, 0.3) is 0 Å². The molecular formula is C22H24N2O3. The zero-order valence-electron chi connectivity index (χ0n) is 15.9. The highest BCUT2D eigenvalue weighted by atomic mass is 16.5. The Morgan fingerprint density at radius 1 is 1.04 bits per heavy atom. The number of amides is 1. The second kappa shape index (κ2) is 8.08. The Bertz CT molecular complexity index is 878. The SMILES string of the molecule is CC(C)(C)c1cc(NC(=O)Cc2ccc(COc3ccccc3)cc2)on1. The van der Waals surface area contributed by atoms with Gasteiger partial charge < -0.3 is 9.26 Å². The van der Waals surface area contributed by atoms with Crippen LogP contribution in [0.4, 0.5) is 5.88 Å². The van der Waals surface area contributed by atoms with Crippen LogP contribution in [0.15, 0.2) is 65.2 Å². The van der Waals surface area contributed by atoms with Crippen molar-refractivity contribution in [3.63, 3.8) is 0 Å². The van der Waals surface area contributed by atoms with Crippen LogP contribution in [0.1, 0.15) is 37.6 Å². The fraction of sp³-hybridized carbons (Fsp3) is 0.273. The summed E-state index contributed by atoms with van der Waals surface area (Å²) in [7, 11) is 0. The van der Waals surface area contributed by atoms with Crippen molar-refractivity contribution in [3.05, 3.63) is 77.5 Å². The Hall–Kier alpha value is -3.08. The normalized spacial score (nSPS) is 11.2. The molecule has 0 aliphatic carbocycles. The van der Waals surface area contributed by atoms with Crippen LogP contribution in [0, 0.1) is 0 Å². The predicted molar refractivity (Wildman–Crippen MR) is 105 cm³/mol. The van der Waals surface area contributed by atoms with Gasteiger partial charge in [-0.2, -0.15) is 0 Å². The van der Waals surface area contributed by atoms with Gasteiger partial charge in [0.15, 0.2) is 0 Å². The third-order valence-electron chi connectivity index (χ3n) is 4.08. The number of carbonyl (C=O) groups is 1. The highest BCUT2D eigenvalue weighted by Crippen LogP contribution is 2.23. The minimum atomic E-state index is -0.139. The molecule has 1 heterocycles. The van der Waals surface area contributed by atoms with E-state index in [0.29, 0.717) is 12.5 Å². The lowest BCUT2D eigenvalue weighted by Gasteiger charge is -2.12. The van der Waals surface area contributed by atoms with Crippen molar-refractivity contribution in [2.24, 2.45) is 0 Å². The number of nitrogens with one attached hydrogen (secondary N) is 1. The van der Waals surface area contributed by atoms with Crippen molar-refractivity contribution in [1.29, 1.82) is 0 Å². The third kappa shape index (κ3) is 5.45. The Balaban J connectivity index is 1.51. The average Bonchev–Trinajstić information content (AvgIpc) is 3.11. The molecule has 140 valence electrons. The number of hydrogen-bond acceptors (Lipinski definition) is 4. The lowest BCUT2D eigenvalue weighted by Crippen LogP contribution is -2.14. The van der Waals surface area contributed by atoms with Gasteiger partial charge >= 0.3 is 0 Å². The number of para-hydroxylation sites is 1. The molecule has 0 atom stereocenters. The molecule has 1 amide bonds. The van der Waals surface area contributed by atoms with Crippen LogP contribution in [0.5, 0.6) is 5.75 Å². The number of hydrogen-bond donors (Lipinski definition) is 1. The molecule has 0 aliphatic heterocycles. The van der Waals surface area contributed by atoms with Crippen molar-refractivity contribution < 1.29 is 14.1 Å². The molecular weight excluding hydrogens is 340 g/mol. The second-order valence-electron chi connectivity index (χ2n) is 7.47. The maximum Gasteiger partial charge on any atom is 0.231 e. The third-order valence-corrected chi connectivity index (χ3v) is 4.08. The lowest BCUT2D eigenvalue weighted by atomic mass is 9.92. The van der Waals surface area contributed by atoms with Gasteiger partial charge in [0.1, 0.15) is 12.4 Å². The maximum absolute atomic E-state index is 12.2. The van der Waals surface area contributed by atoms with Crippen molar-refractivity contribution in [1.82, 2.24) is 5.16 Å². The van der Waals surface area contributed by atoms with Gasteiger partial charge in [-0.15, -0.1) is 0 Å². The van der Waals surface area contributed by atoms with E-state index in [0.717, 1.165) is 22.6 Å². The van der Waals surface area contributed by atoms with E-state index in [2.05, 4.69) is 10.5 Å². The summed E-state index contributed by atoms with van der Waals surface area (Å²) in [4.78, 5) is 12.2. The van der Waals surface area contributed by atoms with E-state index in [1.165, 1.54) is 0 Å². The molecule has 5 heteroatoms. The Labute approximate surface area is 159 Å². The summed E-state index contributed by atoms with van der Waals surface area (Å²) in [5.74, 6) is 1.07. The molecule has 0 spiro atoms. The first kappa shape index (κ1) is 18.7. The summed E-state index contributed by atoms with van der Waals surface area (Å²) in [6, 6.07) is 19.3. The molecule has 0 radical (unpaired) electrons. The number of benzene rings is 2. The van der Waals surface area contributed by atoms with Crippen molar-refractivity contribution in [3.8, 4) is 5.75 Å². The molecule has 1 aromatic heterocycles.